The first-order valence-corrected chi connectivity index (χ1v) is 6.93. The minimum absolute atomic E-state index is 0.0991. The van der Waals surface area contributed by atoms with Gasteiger partial charge in [0.05, 0.1) is 12.7 Å². The Kier molecular flexibility index (Phi) is 4.97. The highest BCUT2D eigenvalue weighted by molar-refractivity contribution is 5.81. The van der Waals surface area contributed by atoms with Crippen LogP contribution in [0.3, 0.4) is 0 Å². The molecule has 5 heteroatoms. The molecule has 104 valence electrons. The van der Waals surface area contributed by atoms with Crippen LogP contribution in [0.5, 0.6) is 0 Å². The largest absolute Gasteiger partial charge is 0.376 e. The molecule has 5 nitrogen and oxygen atoms in total. The Morgan fingerprint density at radius 3 is 3.11 bits per heavy atom. The van der Waals surface area contributed by atoms with E-state index in [9.17, 15) is 4.79 Å². The highest BCUT2D eigenvalue weighted by Crippen LogP contribution is 2.14. The molecule has 2 aliphatic heterocycles. The zero-order valence-electron chi connectivity index (χ0n) is 11.4. The Labute approximate surface area is 109 Å². The standard InChI is InChI=1S/C13H24N2O3/c1-10-8-14-5-6-15(10)13(16)11(2)18-9-12-4-3-7-17-12/h10-12,14H,3-9H2,1-2H3/t10-,11?,12?/m1/s1. The molecule has 18 heavy (non-hydrogen) atoms. The average Bonchev–Trinajstić information content (AvgIpc) is 2.89. The number of hydrogen-bond acceptors (Lipinski definition) is 4. The van der Waals surface area contributed by atoms with Crippen LogP contribution in [0, 0.1) is 0 Å². The van der Waals surface area contributed by atoms with Gasteiger partial charge in [-0.2, -0.15) is 0 Å². The molecule has 2 saturated heterocycles. The van der Waals surface area contributed by atoms with Crippen molar-refractivity contribution < 1.29 is 14.3 Å². The Hall–Kier alpha value is -0.650. The summed E-state index contributed by atoms with van der Waals surface area (Å²) in [5.74, 6) is 0.0991. The van der Waals surface area contributed by atoms with Gasteiger partial charge in [0.15, 0.2) is 0 Å². The summed E-state index contributed by atoms with van der Waals surface area (Å²) in [5.41, 5.74) is 0. The quantitative estimate of drug-likeness (QED) is 0.790. The van der Waals surface area contributed by atoms with Gasteiger partial charge < -0.3 is 19.7 Å². The van der Waals surface area contributed by atoms with Gasteiger partial charge >= 0.3 is 0 Å². The van der Waals surface area contributed by atoms with Gasteiger partial charge in [-0.25, -0.2) is 0 Å². The number of carbonyl (C=O) groups excluding carboxylic acids is 1. The fourth-order valence-electron chi connectivity index (χ4n) is 2.50. The van der Waals surface area contributed by atoms with Gasteiger partial charge in [0, 0.05) is 32.3 Å². The number of ether oxygens (including phenoxy) is 2. The molecule has 2 unspecified atom stereocenters. The third kappa shape index (κ3) is 3.43. The van der Waals surface area contributed by atoms with Crippen LogP contribution < -0.4 is 5.32 Å². The normalized spacial score (nSPS) is 30.4. The lowest BCUT2D eigenvalue weighted by atomic mass is 10.2. The van der Waals surface area contributed by atoms with Gasteiger partial charge in [0.1, 0.15) is 6.10 Å². The number of rotatable bonds is 4. The van der Waals surface area contributed by atoms with E-state index in [-0.39, 0.29) is 24.2 Å². The predicted molar refractivity (Wildman–Crippen MR) is 68.4 cm³/mol. The van der Waals surface area contributed by atoms with Gasteiger partial charge in [0.2, 0.25) is 0 Å². The Morgan fingerprint density at radius 1 is 1.61 bits per heavy atom. The minimum Gasteiger partial charge on any atom is -0.376 e. The number of piperazine rings is 1. The molecule has 2 rings (SSSR count). The smallest absolute Gasteiger partial charge is 0.251 e. The van der Waals surface area contributed by atoms with Gasteiger partial charge in [-0.05, 0) is 26.7 Å². The van der Waals surface area contributed by atoms with Crippen LogP contribution in [-0.2, 0) is 14.3 Å². The molecule has 0 spiro atoms. The SMILES string of the molecule is CC(OCC1CCCO1)C(=O)N1CCNC[C@H]1C. The molecular weight excluding hydrogens is 232 g/mol. The molecule has 0 saturated carbocycles. The van der Waals surface area contributed by atoms with Crippen LogP contribution in [0.15, 0.2) is 0 Å². The van der Waals surface area contributed by atoms with Crippen LogP contribution in [0.4, 0.5) is 0 Å². The van der Waals surface area contributed by atoms with Crippen molar-refractivity contribution in [1.29, 1.82) is 0 Å². The Morgan fingerprint density at radius 2 is 2.44 bits per heavy atom. The van der Waals surface area contributed by atoms with Gasteiger partial charge in [-0.15, -0.1) is 0 Å². The van der Waals surface area contributed by atoms with E-state index in [1.807, 2.05) is 11.8 Å². The van der Waals surface area contributed by atoms with Crippen molar-refractivity contribution in [2.24, 2.45) is 0 Å². The van der Waals surface area contributed by atoms with Crippen LogP contribution in [-0.4, -0.2) is 61.9 Å². The Bertz CT molecular complexity index is 279. The van der Waals surface area contributed by atoms with Crippen LogP contribution in [0.25, 0.3) is 0 Å². The summed E-state index contributed by atoms with van der Waals surface area (Å²) >= 11 is 0. The maximum absolute atomic E-state index is 12.2. The molecular formula is C13H24N2O3. The van der Waals surface area contributed by atoms with E-state index < -0.39 is 0 Å². The van der Waals surface area contributed by atoms with Gasteiger partial charge in [-0.1, -0.05) is 0 Å². The third-order valence-electron chi connectivity index (χ3n) is 3.69. The number of amides is 1. The van der Waals surface area contributed by atoms with Crippen molar-refractivity contribution in [1.82, 2.24) is 10.2 Å². The van der Waals surface area contributed by atoms with Crippen LogP contribution >= 0.6 is 0 Å². The van der Waals surface area contributed by atoms with E-state index in [4.69, 9.17) is 9.47 Å². The topological polar surface area (TPSA) is 50.8 Å². The summed E-state index contributed by atoms with van der Waals surface area (Å²) in [4.78, 5) is 14.2. The monoisotopic (exact) mass is 256 g/mol. The summed E-state index contributed by atoms with van der Waals surface area (Å²) in [7, 11) is 0. The number of carbonyl (C=O) groups is 1. The van der Waals surface area contributed by atoms with E-state index in [0.717, 1.165) is 39.1 Å². The minimum atomic E-state index is -0.366. The van der Waals surface area contributed by atoms with E-state index in [2.05, 4.69) is 12.2 Å². The van der Waals surface area contributed by atoms with Crippen LogP contribution in [0.1, 0.15) is 26.7 Å². The Balaban J connectivity index is 1.76. The summed E-state index contributed by atoms with van der Waals surface area (Å²) in [6.45, 7) is 7.77. The lowest BCUT2D eigenvalue weighted by molar-refractivity contribution is -0.147. The first-order chi connectivity index (χ1) is 8.68. The van der Waals surface area contributed by atoms with Gasteiger partial charge in [0.25, 0.3) is 5.91 Å². The van der Waals surface area contributed by atoms with Crippen molar-refractivity contribution in [3.05, 3.63) is 0 Å². The molecule has 2 aliphatic rings. The van der Waals surface area contributed by atoms with Crippen molar-refractivity contribution >= 4 is 5.91 Å². The third-order valence-corrected chi connectivity index (χ3v) is 3.69. The first-order valence-electron chi connectivity index (χ1n) is 6.93. The number of hydrogen-bond donors (Lipinski definition) is 1. The predicted octanol–water partition coefficient (Wildman–Crippen LogP) is 0.391. The zero-order valence-corrected chi connectivity index (χ0v) is 11.4. The fraction of sp³-hybridized carbons (Fsp3) is 0.923. The van der Waals surface area contributed by atoms with E-state index in [1.165, 1.54) is 0 Å². The number of nitrogens with one attached hydrogen (secondary N) is 1. The van der Waals surface area contributed by atoms with Gasteiger partial charge in [-0.3, -0.25) is 4.79 Å². The molecule has 0 bridgehead atoms. The lowest BCUT2D eigenvalue weighted by Gasteiger charge is -2.35. The van der Waals surface area contributed by atoms with E-state index >= 15 is 0 Å². The summed E-state index contributed by atoms with van der Waals surface area (Å²) in [6.07, 6.45) is 1.96. The van der Waals surface area contributed by atoms with E-state index in [0.29, 0.717) is 6.61 Å². The van der Waals surface area contributed by atoms with Crippen molar-refractivity contribution in [3.63, 3.8) is 0 Å². The molecule has 2 heterocycles. The maximum atomic E-state index is 12.2. The molecule has 0 radical (unpaired) electrons. The number of nitrogens with zero attached hydrogens (tertiary/aromatic N) is 1. The summed E-state index contributed by atoms with van der Waals surface area (Å²) in [6, 6.07) is 0.250. The second kappa shape index (κ2) is 6.50. The molecule has 1 amide bonds. The van der Waals surface area contributed by atoms with Crippen molar-refractivity contribution in [2.75, 3.05) is 32.8 Å². The highest BCUT2D eigenvalue weighted by Gasteiger charge is 2.28. The first kappa shape index (κ1) is 13.8. The van der Waals surface area contributed by atoms with Crippen molar-refractivity contribution in [2.45, 2.75) is 44.9 Å². The molecule has 0 aliphatic carbocycles. The molecule has 3 atom stereocenters. The molecule has 1 N–H and O–H groups in total. The molecule has 2 fully saturated rings. The highest BCUT2D eigenvalue weighted by atomic mass is 16.5. The molecule has 0 aromatic heterocycles. The average molecular weight is 256 g/mol. The summed E-state index contributed by atoms with van der Waals surface area (Å²) in [5, 5.41) is 3.28. The molecule has 0 aromatic carbocycles. The molecule has 0 aromatic rings. The fourth-order valence-corrected chi connectivity index (χ4v) is 2.50. The van der Waals surface area contributed by atoms with E-state index in [1.54, 1.807) is 0 Å². The van der Waals surface area contributed by atoms with Crippen molar-refractivity contribution in [3.8, 4) is 0 Å². The summed E-state index contributed by atoms with van der Waals surface area (Å²) < 4.78 is 11.1. The second-order valence-corrected chi connectivity index (χ2v) is 5.20. The zero-order chi connectivity index (χ0) is 13.0. The lowest BCUT2D eigenvalue weighted by Crippen LogP contribution is -2.55. The second-order valence-electron chi connectivity index (χ2n) is 5.20. The van der Waals surface area contributed by atoms with Crippen LogP contribution in [0.2, 0.25) is 0 Å². The maximum Gasteiger partial charge on any atom is 0.251 e.